The van der Waals surface area contributed by atoms with Crippen molar-refractivity contribution in [2.24, 2.45) is 0 Å². The quantitative estimate of drug-likeness (QED) is 0.638. The van der Waals surface area contributed by atoms with E-state index in [-0.39, 0.29) is 12.8 Å². The number of carbonyl (C=O) groups is 2. The van der Waals surface area contributed by atoms with Crippen molar-refractivity contribution < 1.29 is 31.2 Å². The summed E-state index contributed by atoms with van der Waals surface area (Å²) in [6.45, 7) is 0. The maximum Gasteiger partial charge on any atom is 0.511 e. The lowest BCUT2D eigenvalue weighted by molar-refractivity contribution is -0.134. The summed E-state index contributed by atoms with van der Waals surface area (Å²) in [4.78, 5) is 21.6. The van der Waals surface area contributed by atoms with Crippen LogP contribution in [0.15, 0.2) is 0 Å². The number of nitrogens with one attached hydrogen (secondary N) is 2. The Kier molecular flexibility index (Phi) is 3.24. The summed E-state index contributed by atoms with van der Waals surface area (Å²) in [7, 11) is -5.57. The van der Waals surface area contributed by atoms with Crippen molar-refractivity contribution in [1.82, 2.24) is 10.0 Å². The second kappa shape index (κ2) is 4.01. The molecule has 0 radical (unpaired) electrons. The Morgan fingerprint density at radius 1 is 1.31 bits per heavy atom. The van der Waals surface area contributed by atoms with Crippen LogP contribution in [0.1, 0.15) is 12.8 Å². The largest absolute Gasteiger partial charge is 0.511 e. The lowest BCUT2D eigenvalue weighted by Gasteiger charge is -2.22. The number of hydrogen-bond donors (Lipinski definition) is 2. The molecule has 1 atom stereocenters. The molecule has 16 heavy (non-hydrogen) atoms. The number of rotatable bonds is 2. The SMILES string of the molecule is O=C1CCC(NS(=O)(=O)C(F)(F)F)C(=O)N1. The Bertz CT molecular complexity index is 416. The summed E-state index contributed by atoms with van der Waals surface area (Å²) in [5.41, 5.74) is -5.48. The normalized spacial score (nSPS) is 23.1. The molecule has 1 unspecified atom stereocenters. The minimum Gasteiger partial charge on any atom is -0.295 e. The van der Waals surface area contributed by atoms with Gasteiger partial charge in [-0.2, -0.15) is 17.9 Å². The molecule has 1 fully saturated rings. The standard InChI is InChI=1S/C6H7F3N2O4S/c7-6(8,9)16(14,15)11-3-1-2-4(12)10-5(3)13/h3,11H,1-2H2,(H,10,12,13). The van der Waals surface area contributed by atoms with Gasteiger partial charge in [0.05, 0.1) is 0 Å². The minimum atomic E-state index is -5.57. The van der Waals surface area contributed by atoms with E-state index in [1.165, 1.54) is 4.72 Å². The zero-order valence-electron chi connectivity index (χ0n) is 7.67. The molecule has 1 saturated heterocycles. The van der Waals surface area contributed by atoms with Crippen molar-refractivity contribution in [3.8, 4) is 0 Å². The fraction of sp³-hybridized carbons (Fsp3) is 0.667. The van der Waals surface area contributed by atoms with E-state index in [1.54, 1.807) is 5.32 Å². The van der Waals surface area contributed by atoms with Crippen molar-refractivity contribution in [3.05, 3.63) is 0 Å². The summed E-state index contributed by atoms with van der Waals surface area (Å²) in [5, 5.41) is 1.73. The third-order valence-corrected chi connectivity index (χ3v) is 3.05. The first-order valence-corrected chi connectivity index (χ1v) is 5.54. The Hall–Kier alpha value is -1.16. The number of amides is 2. The fourth-order valence-electron chi connectivity index (χ4n) is 1.06. The van der Waals surface area contributed by atoms with Gasteiger partial charge in [0.2, 0.25) is 11.8 Å². The highest BCUT2D eigenvalue weighted by Gasteiger charge is 2.48. The molecule has 92 valence electrons. The van der Waals surface area contributed by atoms with E-state index in [9.17, 15) is 31.2 Å². The number of imide groups is 1. The monoisotopic (exact) mass is 260 g/mol. The maximum absolute atomic E-state index is 11.9. The van der Waals surface area contributed by atoms with Crippen LogP contribution in [0, 0.1) is 0 Å². The molecule has 1 aliphatic rings. The van der Waals surface area contributed by atoms with Crippen molar-refractivity contribution in [1.29, 1.82) is 0 Å². The summed E-state index contributed by atoms with van der Waals surface area (Å²) in [6.07, 6.45) is -0.503. The minimum absolute atomic E-state index is 0.212. The molecular formula is C6H7F3N2O4S. The first kappa shape index (κ1) is 12.9. The molecule has 6 nitrogen and oxygen atoms in total. The molecule has 10 heteroatoms. The Morgan fingerprint density at radius 3 is 2.31 bits per heavy atom. The molecule has 2 amide bonds. The van der Waals surface area contributed by atoms with Gasteiger partial charge in [-0.25, -0.2) is 8.42 Å². The molecule has 0 aromatic heterocycles. The molecule has 0 aromatic carbocycles. The molecule has 0 aliphatic carbocycles. The van der Waals surface area contributed by atoms with E-state index >= 15 is 0 Å². The summed E-state index contributed by atoms with van der Waals surface area (Å²) < 4.78 is 58.3. The second-order valence-corrected chi connectivity index (χ2v) is 4.78. The van der Waals surface area contributed by atoms with E-state index in [2.05, 4.69) is 0 Å². The van der Waals surface area contributed by atoms with Gasteiger partial charge in [0.15, 0.2) is 0 Å². The average molecular weight is 260 g/mol. The highest BCUT2D eigenvalue weighted by molar-refractivity contribution is 7.90. The molecule has 1 heterocycles. The van der Waals surface area contributed by atoms with E-state index in [0.29, 0.717) is 0 Å². The van der Waals surface area contributed by atoms with Crippen LogP contribution >= 0.6 is 0 Å². The topological polar surface area (TPSA) is 92.3 Å². The summed E-state index contributed by atoms with van der Waals surface area (Å²) >= 11 is 0. The number of sulfonamides is 1. The molecule has 0 aromatic rings. The molecule has 0 saturated carbocycles. The van der Waals surface area contributed by atoms with Crippen LogP contribution in [0.25, 0.3) is 0 Å². The number of hydrogen-bond acceptors (Lipinski definition) is 4. The maximum atomic E-state index is 11.9. The van der Waals surface area contributed by atoms with Crippen LogP contribution in [0.5, 0.6) is 0 Å². The fourth-order valence-corrected chi connectivity index (χ4v) is 1.79. The van der Waals surface area contributed by atoms with Crippen molar-refractivity contribution in [3.63, 3.8) is 0 Å². The highest BCUT2D eigenvalue weighted by Crippen LogP contribution is 2.22. The van der Waals surface area contributed by atoms with E-state index in [1.807, 2.05) is 0 Å². The molecule has 0 spiro atoms. The predicted octanol–water partition coefficient (Wildman–Crippen LogP) is -0.769. The van der Waals surface area contributed by atoms with Crippen molar-refractivity contribution >= 4 is 21.8 Å². The number of piperidine rings is 1. The Labute approximate surface area is 88.2 Å². The van der Waals surface area contributed by atoms with E-state index in [4.69, 9.17) is 0 Å². The zero-order chi connectivity index (χ0) is 12.6. The van der Waals surface area contributed by atoms with E-state index < -0.39 is 33.4 Å². The highest BCUT2D eigenvalue weighted by atomic mass is 32.2. The van der Waals surface area contributed by atoms with Gasteiger partial charge in [-0.1, -0.05) is 0 Å². The lowest BCUT2D eigenvalue weighted by Crippen LogP contribution is -2.54. The van der Waals surface area contributed by atoms with Crippen LogP contribution < -0.4 is 10.0 Å². The van der Waals surface area contributed by atoms with Crippen LogP contribution in [0.3, 0.4) is 0 Å². The summed E-state index contributed by atoms with van der Waals surface area (Å²) in [5.74, 6) is -1.73. The van der Waals surface area contributed by atoms with Gasteiger partial charge >= 0.3 is 15.5 Å². The average Bonchev–Trinajstić information content (AvgIpc) is 2.08. The number of carbonyl (C=O) groups excluding carboxylic acids is 2. The smallest absolute Gasteiger partial charge is 0.295 e. The van der Waals surface area contributed by atoms with Crippen LogP contribution in [0.4, 0.5) is 13.2 Å². The molecule has 1 aliphatic heterocycles. The first-order valence-electron chi connectivity index (χ1n) is 4.06. The van der Waals surface area contributed by atoms with Crippen LogP contribution in [-0.4, -0.2) is 31.8 Å². The van der Waals surface area contributed by atoms with Crippen molar-refractivity contribution in [2.75, 3.05) is 0 Å². The predicted molar refractivity (Wildman–Crippen MR) is 44.3 cm³/mol. The third kappa shape index (κ3) is 2.70. The van der Waals surface area contributed by atoms with Gasteiger partial charge < -0.3 is 0 Å². The van der Waals surface area contributed by atoms with Gasteiger partial charge in [-0.15, -0.1) is 0 Å². The van der Waals surface area contributed by atoms with Gasteiger partial charge in [-0.05, 0) is 6.42 Å². The summed E-state index contributed by atoms with van der Waals surface area (Å²) in [6, 6.07) is -1.57. The first-order chi connectivity index (χ1) is 7.13. The Morgan fingerprint density at radius 2 is 1.88 bits per heavy atom. The van der Waals surface area contributed by atoms with Crippen molar-refractivity contribution in [2.45, 2.75) is 24.4 Å². The van der Waals surface area contributed by atoms with Gasteiger partial charge in [0.1, 0.15) is 6.04 Å². The third-order valence-electron chi connectivity index (χ3n) is 1.84. The number of alkyl halides is 3. The number of halogens is 3. The second-order valence-electron chi connectivity index (χ2n) is 3.07. The van der Waals surface area contributed by atoms with Gasteiger partial charge in [0.25, 0.3) is 0 Å². The van der Waals surface area contributed by atoms with Crippen LogP contribution in [-0.2, 0) is 19.6 Å². The van der Waals surface area contributed by atoms with Gasteiger partial charge in [0, 0.05) is 6.42 Å². The van der Waals surface area contributed by atoms with Gasteiger partial charge in [-0.3, -0.25) is 14.9 Å². The molecule has 0 bridgehead atoms. The Balaban J connectivity index is 2.76. The molecule has 1 rings (SSSR count). The molecular weight excluding hydrogens is 253 g/mol. The molecule has 2 N–H and O–H groups in total. The van der Waals surface area contributed by atoms with Crippen LogP contribution in [0.2, 0.25) is 0 Å². The van der Waals surface area contributed by atoms with E-state index in [0.717, 1.165) is 0 Å². The lowest BCUT2D eigenvalue weighted by atomic mass is 10.1. The zero-order valence-corrected chi connectivity index (χ0v) is 8.48.